The van der Waals surface area contributed by atoms with Crippen LogP contribution in [0.15, 0.2) is 30.3 Å². The molecule has 1 nitrogen and oxygen atoms in total. The number of unbranched alkanes of at least 4 members (excludes halogenated alkanes) is 3. The molecule has 1 aliphatic heterocycles. The number of rotatable bonds is 6. The fraction of sp³-hybridized carbons (Fsp3) is 0.647. The zero-order chi connectivity index (χ0) is 12.6. The average molecular weight is 246 g/mol. The van der Waals surface area contributed by atoms with E-state index in [9.17, 15) is 0 Å². The Labute approximate surface area is 112 Å². The second-order valence-corrected chi connectivity index (χ2v) is 5.53. The van der Waals surface area contributed by atoms with E-state index in [1.807, 2.05) is 0 Å². The first-order chi connectivity index (χ1) is 8.90. The molecule has 0 aromatic heterocycles. The summed E-state index contributed by atoms with van der Waals surface area (Å²) in [6.07, 6.45) is 9.75. The maximum atomic E-state index is 6.03. The normalized spacial score (nSPS) is 24.1. The van der Waals surface area contributed by atoms with Gasteiger partial charge in [0.15, 0.2) is 0 Å². The summed E-state index contributed by atoms with van der Waals surface area (Å²) in [5.74, 6) is 0.807. The van der Waals surface area contributed by atoms with Crippen molar-refractivity contribution in [2.75, 3.05) is 6.61 Å². The Morgan fingerprint density at radius 2 is 1.89 bits per heavy atom. The molecule has 1 heteroatoms. The van der Waals surface area contributed by atoms with Gasteiger partial charge in [0.1, 0.15) is 0 Å². The molecular formula is C17H26O. The zero-order valence-corrected chi connectivity index (χ0v) is 11.6. The second-order valence-electron chi connectivity index (χ2n) is 5.53. The van der Waals surface area contributed by atoms with Gasteiger partial charge in [-0.1, -0.05) is 62.9 Å². The zero-order valence-electron chi connectivity index (χ0n) is 11.6. The van der Waals surface area contributed by atoms with Crippen LogP contribution >= 0.6 is 0 Å². The Bertz CT molecular complexity index is 312. The predicted octanol–water partition coefficient (Wildman–Crippen LogP) is 5.12. The van der Waals surface area contributed by atoms with Crippen LogP contribution in [0.4, 0.5) is 0 Å². The van der Waals surface area contributed by atoms with Crippen LogP contribution in [0.5, 0.6) is 0 Å². The van der Waals surface area contributed by atoms with Crippen LogP contribution in [-0.2, 0) is 4.74 Å². The number of hydrogen-bond acceptors (Lipinski definition) is 1. The maximum absolute atomic E-state index is 6.03. The molecule has 1 aromatic rings. The van der Waals surface area contributed by atoms with Gasteiger partial charge in [0.25, 0.3) is 0 Å². The molecule has 0 spiro atoms. The van der Waals surface area contributed by atoms with Gasteiger partial charge in [0.2, 0.25) is 0 Å². The second kappa shape index (κ2) is 7.58. The molecule has 1 aromatic carbocycles. The quantitative estimate of drug-likeness (QED) is 0.633. The van der Waals surface area contributed by atoms with Crippen molar-refractivity contribution in [3.63, 3.8) is 0 Å². The fourth-order valence-electron chi connectivity index (χ4n) is 2.82. The van der Waals surface area contributed by atoms with Crippen molar-refractivity contribution < 1.29 is 4.74 Å². The monoisotopic (exact) mass is 246 g/mol. The highest BCUT2D eigenvalue weighted by Gasteiger charge is 2.22. The third kappa shape index (κ3) is 4.13. The minimum Gasteiger partial charge on any atom is -0.373 e. The molecule has 0 aliphatic carbocycles. The van der Waals surface area contributed by atoms with Gasteiger partial charge in [-0.25, -0.2) is 0 Å². The maximum Gasteiger partial charge on any atom is 0.0825 e. The minimum absolute atomic E-state index is 0.345. The molecule has 18 heavy (non-hydrogen) atoms. The SMILES string of the molecule is CCCCCCC1CCC(c2ccccc2)OC1. The highest BCUT2D eigenvalue weighted by molar-refractivity contribution is 5.17. The molecule has 1 heterocycles. The average Bonchev–Trinajstić information content (AvgIpc) is 2.45. The van der Waals surface area contributed by atoms with E-state index in [-0.39, 0.29) is 0 Å². The van der Waals surface area contributed by atoms with Gasteiger partial charge in [0.05, 0.1) is 12.7 Å². The fourth-order valence-corrected chi connectivity index (χ4v) is 2.82. The van der Waals surface area contributed by atoms with E-state index in [1.54, 1.807) is 0 Å². The van der Waals surface area contributed by atoms with Crippen LogP contribution in [0.1, 0.15) is 63.5 Å². The molecule has 2 atom stereocenters. The Kier molecular flexibility index (Phi) is 5.73. The molecule has 1 fully saturated rings. The van der Waals surface area contributed by atoms with Gasteiger partial charge in [-0.15, -0.1) is 0 Å². The van der Waals surface area contributed by atoms with Gasteiger partial charge >= 0.3 is 0 Å². The van der Waals surface area contributed by atoms with Crippen LogP contribution in [0, 0.1) is 5.92 Å². The van der Waals surface area contributed by atoms with E-state index >= 15 is 0 Å². The molecule has 0 N–H and O–H groups in total. The first kappa shape index (κ1) is 13.6. The molecule has 2 unspecified atom stereocenters. The Balaban J connectivity index is 1.68. The van der Waals surface area contributed by atoms with E-state index in [0.29, 0.717) is 6.10 Å². The van der Waals surface area contributed by atoms with Crippen LogP contribution < -0.4 is 0 Å². The lowest BCUT2D eigenvalue weighted by molar-refractivity contribution is -0.0199. The van der Waals surface area contributed by atoms with Crippen molar-refractivity contribution in [1.82, 2.24) is 0 Å². The summed E-state index contributed by atoms with van der Waals surface area (Å²) in [5.41, 5.74) is 1.35. The van der Waals surface area contributed by atoms with Crippen molar-refractivity contribution in [2.45, 2.75) is 58.0 Å². The van der Waals surface area contributed by atoms with Crippen molar-refractivity contribution >= 4 is 0 Å². The molecule has 0 bridgehead atoms. The number of benzene rings is 1. The van der Waals surface area contributed by atoms with E-state index in [4.69, 9.17) is 4.74 Å². The summed E-state index contributed by atoms with van der Waals surface area (Å²) in [6, 6.07) is 10.7. The van der Waals surface area contributed by atoms with Crippen LogP contribution in [-0.4, -0.2) is 6.61 Å². The highest BCUT2D eigenvalue weighted by Crippen LogP contribution is 2.32. The first-order valence-electron chi connectivity index (χ1n) is 7.56. The molecule has 0 radical (unpaired) electrons. The van der Waals surface area contributed by atoms with Gasteiger partial charge in [-0.05, 0) is 30.7 Å². The summed E-state index contributed by atoms with van der Waals surface area (Å²) >= 11 is 0. The van der Waals surface area contributed by atoms with Crippen molar-refractivity contribution in [3.05, 3.63) is 35.9 Å². The van der Waals surface area contributed by atoms with Gasteiger partial charge < -0.3 is 4.74 Å². The van der Waals surface area contributed by atoms with Gasteiger partial charge in [-0.2, -0.15) is 0 Å². The largest absolute Gasteiger partial charge is 0.373 e. The van der Waals surface area contributed by atoms with Crippen LogP contribution in [0.3, 0.4) is 0 Å². The van der Waals surface area contributed by atoms with E-state index in [0.717, 1.165) is 12.5 Å². The van der Waals surface area contributed by atoms with Crippen LogP contribution in [0.25, 0.3) is 0 Å². The molecule has 100 valence electrons. The molecule has 0 saturated carbocycles. The Morgan fingerprint density at radius 3 is 2.56 bits per heavy atom. The lowest BCUT2D eigenvalue weighted by atomic mass is 9.91. The molecule has 1 saturated heterocycles. The standard InChI is InChI=1S/C17H26O/c1-2-3-4-6-9-15-12-13-17(18-14-15)16-10-7-5-8-11-16/h5,7-8,10-11,15,17H,2-4,6,9,12-14H2,1H3. The smallest absolute Gasteiger partial charge is 0.0825 e. The lowest BCUT2D eigenvalue weighted by Crippen LogP contribution is -2.20. The highest BCUT2D eigenvalue weighted by atomic mass is 16.5. The van der Waals surface area contributed by atoms with Crippen molar-refractivity contribution in [3.8, 4) is 0 Å². The topological polar surface area (TPSA) is 9.23 Å². The Hall–Kier alpha value is -0.820. The first-order valence-corrected chi connectivity index (χ1v) is 7.56. The molecule has 1 aliphatic rings. The molecule has 2 rings (SSSR count). The lowest BCUT2D eigenvalue weighted by Gasteiger charge is -2.29. The Morgan fingerprint density at radius 1 is 1.06 bits per heavy atom. The van der Waals surface area contributed by atoms with E-state index in [2.05, 4.69) is 37.3 Å². The third-order valence-electron chi connectivity index (χ3n) is 4.01. The molecular weight excluding hydrogens is 220 g/mol. The van der Waals surface area contributed by atoms with E-state index < -0.39 is 0 Å². The summed E-state index contributed by atoms with van der Waals surface area (Å²) in [7, 11) is 0. The summed E-state index contributed by atoms with van der Waals surface area (Å²) in [6.45, 7) is 3.24. The molecule has 0 amide bonds. The van der Waals surface area contributed by atoms with Gasteiger partial charge in [-0.3, -0.25) is 0 Å². The number of hydrogen-bond donors (Lipinski definition) is 0. The summed E-state index contributed by atoms with van der Waals surface area (Å²) in [5, 5.41) is 0. The van der Waals surface area contributed by atoms with Crippen molar-refractivity contribution in [1.29, 1.82) is 0 Å². The van der Waals surface area contributed by atoms with Crippen molar-refractivity contribution in [2.24, 2.45) is 5.92 Å². The van der Waals surface area contributed by atoms with Crippen LogP contribution in [0.2, 0.25) is 0 Å². The summed E-state index contributed by atoms with van der Waals surface area (Å²) in [4.78, 5) is 0. The third-order valence-corrected chi connectivity index (χ3v) is 4.01. The van der Waals surface area contributed by atoms with E-state index in [1.165, 1.54) is 50.5 Å². The predicted molar refractivity (Wildman–Crippen MR) is 76.6 cm³/mol. The minimum atomic E-state index is 0.345. The summed E-state index contributed by atoms with van der Waals surface area (Å²) < 4.78 is 6.03. The number of ether oxygens (including phenoxy) is 1. The van der Waals surface area contributed by atoms with Gasteiger partial charge in [0, 0.05) is 0 Å².